The Morgan fingerprint density at radius 3 is 2.59 bits per heavy atom. The lowest BCUT2D eigenvalue weighted by molar-refractivity contribution is -0.128. The van der Waals surface area contributed by atoms with E-state index >= 15 is 0 Å². The number of ether oxygens (including phenoxy) is 1. The Hall–Kier alpha value is -1.41. The molecule has 1 unspecified atom stereocenters. The number of carbonyl (C=O) groups is 1. The number of methoxy groups -OCH3 is 1. The smallest absolute Gasteiger partial charge is 0.267 e. The first-order chi connectivity index (χ1) is 7.79. The molecule has 0 radical (unpaired) electrons. The third-order valence-corrected chi connectivity index (χ3v) is 3.89. The highest BCUT2D eigenvalue weighted by Gasteiger charge is 2.24. The van der Waals surface area contributed by atoms with Crippen molar-refractivity contribution in [1.82, 2.24) is 14.5 Å². The molecule has 0 bridgehead atoms. The van der Waals surface area contributed by atoms with Gasteiger partial charge in [-0.05, 0) is 13.8 Å². The molecule has 1 rings (SSSR count). The van der Waals surface area contributed by atoms with Gasteiger partial charge in [-0.25, -0.2) is 13.1 Å². The fraction of sp³-hybridized carbons (Fsp3) is 0.556. The van der Waals surface area contributed by atoms with Gasteiger partial charge in [0, 0.05) is 14.2 Å². The number of aromatic nitrogens is 2. The summed E-state index contributed by atoms with van der Waals surface area (Å²) in [4.78, 5) is 11.4. The lowest BCUT2D eigenvalue weighted by Gasteiger charge is -2.10. The van der Waals surface area contributed by atoms with Crippen LogP contribution >= 0.6 is 0 Å². The molecule has 1 amide bonds. The molecule has 1 heterocycles. The number of nitrogens with zero attached hydrogens (tertiary/aromatic N) is 2. The molecule has 0 aliphatic carbocycles. The second-order valence-corrected chi connectivity index (χ2v) is 5.22. The molecule has 0 saturated carbocycles. The van der Waals surface area contributed by atoms with Gasteiger partial charge < -0.3 is 4.74 Å². The van der Waals surface area contributed by atoms with Crippen molar-refractivity contribution in [3.8, 4) is 0 Å². The molecule has 0 aliphatic rings. The quantitative estimate of drug-likeness (QED) is 0.794. The van der Waals surface area contributed by atoms with Crippen molar-refractivity contribution in [2.24, 2.45) is 7.05 Å². The van der Waals surface area contributed by atoms with Crippen LogP contribution in [0.5, 0.6) is 0 Å². The predicted molar refractivity (Wildman–Crippen MR) is 59.7 cm³/mol. The van der Waals surface area contributed by atoms with Crippen LogP contribution in [-0.4, -0.2) is 37.3 Å². The summed E-state index contributed by atoms with van der Waals surface area (Å²) < 4.78 is 31.8. The van der Waals surface area contributed by atoms with Gasteiger partial charge in [0.2, 0.25) is 0 Å². The number of sulfonamides is 1. The van der Waals surface area contributed by atoms with E-state index in [4.69, 9.17) is 4.74 Å². The molecule has 1 aromatic heterocycles. The van der Waals surface area contributed by atoms with E-state index in [1.165, 1.54) is 24.9 Å². The first-order valence-electron chi connectivity index (χ1n) is 4.87. The van der Waals surface area contributed by atoms with Crippen molar-refractivity contribution in [2.75, 3.05) is 7.11 Å². The molecule has 8 heteroatoms. The van der Waals surface area contributed by atoms with Crippen LogP contribution in [0.4, 0.5) is 0 Å². The van der Waals surface area contributed by atoms with Crippen molar-refractivity contribution in [2.45, 2.75) is 24.8 Å². The van der Waals surface area contributed by atoms with Crippen LogP contribution in [0.1, 0.15) is 12.6 Å². The lowest BCUT2D eigenvalue weighted by Crippen LogP contribution is -2.38. The highest BCUT2D eigenvalue weighted by atomic mass is 32.2. The van der Waals surface area contributed by atoms with Gasteiger partial charge >= 0.3 is 0 Å². The number of hydrogen-bond acceptors (Lipinski definition) is 5. The topological polar surface area (TPSA) is 90.3 Å². The zero-order valence-corrected chi connectivity index (χ0v) is 10.9. The molecule has 96 valence electrons. The summed E-state index contributed by atoms with van der Waals surface area (Å²) in [5, 5.41) is 3.81. The molecule has 17 heavy (non-hydrogen) atoms. The van der Waals surface area contributed by atoms with Crippen LogP contribution in [0, 0.1) is 6.92 Å². The summed E-state index contributed by atoms with van der Waals surface area (Å²) in [5.41, 5.74) is 0.454. The van der Waals surface area contributed by atoms with Gasteiger partial charge in [-0.15, -0.1) is 0 Å². The number of amides is 1. The third kappa shape index (κ3) is 2.83. The average molecular weight is 261 g/mol. The van der Waals surface area contributed by atoms with E-state index in [0.717, 1.165) is 0 Å². The second-order valence-electron chi connectivity index (χ2n) is 3.57. The maximum absolute atomic E-state index is 11.9. The molecule has 0 saturated heterocycles. The second kappa shape index (κ2) is 4.84. The summed E-state index contributed by atoms with van der Waals surface area (Å²) in [7, 11) is -0.943. The number of rotatable bonds is 4. The van der Waals surface area contributed by atoms with Crippen LogP contribution in [0.2, 0.25) is 0 Å². The summed E-state index contributed by atoms with van der Waals surface area (Å²) >= 11 is 0. The molecule has 1 atom stereocenters. The van der Waals surface area contributed by atoms with E-state index in [-0.39, 0.29) is 4.90 Å². The molecule has 0 aromatic carbocycles. The maximum atomic E-state index is 11.9. The monoisotopic (exact) mass is 261 g/mol. The zero-order chi connectivity index (χ0) is 13.2. The first-order valence-corrected chi connectivity index (χ1v) is 6.36. The number of aryl methyl sites for hydroxylation is 1. The molecule has 0 fully saturated rings. The molecule has 1 aromatic rings. The minimum absolute atomic E-state index is 0.0170. The summed E-state index contributed by atoms with van der Waals surface area (Å²) in [5.74, 6) is -0.712. The highest BCUT2D eigenvalue weighted by Crippen LogP contribution is 2.12. The van der Waals surface area contributed by atoms with Crippen LogP contribution < -0.4 is 4.72 Å². The standard InChI is InChI=1S/C9H15N3O4S/c1-6-8(5-10-12(6)3)17(14,15)11-9(13)7(2)16-4/h5,7H,1-4H3,(H,11,13). The Kier molecular flexibility index (Phi) is 3.89. The van der Waals surface area contributed by atoms with Crippen LogP contribution in [0.3, 0.4) is 0 Å². The van der Waals surface area contributed by atoms with Crippen molar-refractivity contribution in [3.63, 3.8) is 0 Å². The van der Waals surface area contributed by atoms with Crippen LogP contribution in [0.15, 0.2) is 11.1 Å². The van der Waals surface area contributed by atoms with Gasteiger partial charge in [-0.2, -0.15) is 5.10 Å². The van der Waals surface area contributed by atoms with Crippen molar-refractivity contribution in [3.05, 3.63) is 11.9 Å². The van der Waals surface area contributed by atoms with E-state index in [2.05, 4.69) is 5.10 Å². The third-order valence-electron chi connectivity index (χ3n) is 2.44. The summed E-state index contributed by atoms with van der Waals surface area (Å²) in [6.07, 6.45) is 0.365. The maximum Gasteiger partial charge on any atom is 0.267 e. The van der Waals surface area contributed by atoms with Gasteiger partial charge in [0.05, 0.1) is 11.9 Å². The number of nitrogens with one attached hydrogen (secondary N) is 1. The predicted octanol–water partition coefficient (Wildman–Crippen LogP) is -0.432. The van der Waals surface area contributed by atoms with Crippen molar-refractivity contribution >= 4 is 15.9 Å². The Balaban J connectivity index is 2.98. The summed E-state index contributed by atoms with van der Waals surface area (Å²) in [6, 6.07) is 0. The van der Waals surface area contributed by atoms with E-state index < -0.39 is 22.0 Å². The van der Waals surface area contributed by atoms with Crippen molar-refractivity contribution in [1.29, 1.82) is 0 Å². The Morgan fingerprint density at radius 2 is 2.18 bits per heavy atom. The summed E-state index contributed by atoms with van der Waals surface area (Å²) in [6.45, 7) is 3.06. The fourth-order valence-corrected chi connectivity index (χ4v) is 2.37. The molecule has 7 nitrogen and oxygen atoms in total. The fourth-order valence-electron chi connectivity index (χ4n) is 1.12. The van der Waals surface area contributed by atoms with Gasteiger partial charge in [0.1, 0.15) is 11.0 Å². The van der Waals surface area contributed by atoms with Gasteiger partial charge in [-0.1, -0.05) is 0 Å². The van der Waals surface area contributed by atoms with Crippen molar-refractivity contribution < 1.29 is 17.9 Å². The molecule has 0 spiro atoms. The Bertz CT molecular complexity index is 520. The normalized spacial score (nSPS) is 13.4. The Labute approximate surface area is 99.8 Å². The molecular weight excluding hydrogens is 246 g/mol. The van der Waals surface area contributed by atoms with E-state index in [0.29, 0.717) is 5.69 Å². The number of carbonyl (C=O) groups excluding carboxylic acids is 1. The zero-order valence-electron chi connectivity index (χ0n) is 10.1. The Morgan fingerprint density at radius 1 is 1.59 bits per heavy atom. The lowest BCUT2D eigenvalue weighted by atomic mass is 10.4. The molecule has 0 aliphatic heterocycles. The average Bonchev–Trinajstić information content (AvgIpc) is 2.58. The highest BCUT2D eigenvalue weighted by molar-refractivity contribution is 7.90. The largest absolute Gasteiger partial charge is 0.372 e. The minimum Gasteiger partial charge on any atom is -0.372 e. The van der Waals surface area contributed by atoms with Crippen LogP contribution in [0.25, 0.3) is 0 Å². The molecule has 1 N–H and O–H groups in total. The number of hydrogen-bond donors (Lipinski definition) is 1. The van der Waals surface area contributed by atoms with Gasteiger partial charge in [0.15, 0.2) is 0 Å². The van der Waals surface area contributed by atoms with E-state index in [9.17, 15) is 13.2 Å². The van der Waals surface area contributed by atoms with Gasteiger partial charge in [0.25, 0.3) is 15.9 Å². The SMILES string of the molecule is COC(C)C(=O)NS(=O)(=O)c1cnn(C)c1C. The van der Waals surface area contributed by atoms with Crippen LogP contribution in [-0.2, 0) is 26.6 Å². The van der Waals surface area contributed by atoms with Gasteiger partial charge in [-0.3, -0.25) is 9.48 Å². The van der Waals surface area contributed by atoms with E-state index in [1.807, 2.05) is 4.72 Å². The first kappa shape index (κ1) is 13.7. The van der Waals surface area contributed by atoms with E-state index in [1.54, 1.807) is 14.0 Å². The molecular formula is C9H15N3O4S. The minimum atomic E-state index is -3.89.